The maximum absolute atomic E-state index is 11.8. The molecule has 0 aliphatic carbocycles. The number of nitrogens with two attached hydrogens (primary N) is 1. The van der Waals surface area contributed by atoms with Crippen LogP contribution in [0.1, 0.15) is 45.2 Å². The first-order chi connectivity index (χ1) is 7.94. The fraction of sp³-hybridized carbons (Fsp3) is 0.500. The van der Waals surface area contributed by atoms with Gasteiger partial charge in [0.15, 0.2) is 0 Å². The predicted molar refractivity (Wildman–Crippen MR) is 77.7 cm³/mol. The standard InChI is InChI=1S/C14H22N2O.ClH/c1-4-14(2,3)16-13(17)10-12(15)11-8-6-5-7-9-11;/h5-9,12H,4,10,15H2,1-3H3,(H,16,17);1H. The number of amides is 1. The van der Waals surface area contributed by atoms with Crippen LogP contribution in [-0.4, -0.2) is 11.4 Å². The van der Waals surface area contributed by atoms with Crippen molar-refractivity contribution in [3.8, 4) is 0 Å². The van der Waals surface area contributed by atoms with Crippen LogP contribution in [0, 0.1) is 0 Å². The number of nitrogens with one attached hydrogen (secondary N) is 1. The van der Waals surface area contributed by atoms with Crippen LogP contribution in [0.3, 0.4) is 0 Å². The highest BCUT2D eigenvalue weighted by Gasteiger charge is 2.19. The molecule has 0 radical (unpaired) electrons. The molecule has 102 valence electrons. The molecule has 0 aliphatic rings. The molecule has 1 aromatic rings. The van der Waals surface area contributed by atoms with E-state index in [4.69, 9.17) is 5.73 Å². The molecule has 4 heteroatoms. The van der Waals surface area contributed by atoms with Gasteiger partial charge in [0.1, 0.15) is 0 Å². The molecule has 0 bridgehead atoms. The third kappa shape index (κ3) is 5.52. The van der Waals surface area contributed by atoms with E-state index in [1.54, 1.807) is 0 Å². The van der Waals surface area contributed by atoms with Crippen molar-refractivity contribution >= 4 is 18.3 Å². The van der Waals surface area contributed by atoms with Gasteiger partial charge in [-0.1, -0.05) is 37.3 Å². The Labute approximate surface area is 116 Å². The van der Waals surface area contributed by atoms with Crippen molar-refractivity contribution < 1.29 is 4.79 Å². The van der Waals surface area contributed by atoms with Crippen molar-refractivity contribution in [1.82, 2.24) is 5.32 Å². The van der Waals surface area contributed by atoms with Gasteiger partial charge in [-0.25, -0.2) is 0 Å². The van der Waals surface area contributed by atoms with Gasteiger partial charge in [0.05, 0.1) is 0 Å². The van der Waals surface area contributed by atoms with E-state index in [9.17, 15) is 4.79 Å². The summed E-state index contributed by atoms with van der Waals surface area (Å²) < 4.78 is 0. The Morgan fingerprint density at radius 3 is 2.39 bits per heavy atom. The average Bonchev–Trinajstić information content (AvgIpc) is 2.29. The molecule has 1 rings (SSSR count). The lowest BCUT2D eigenvalue weighted by molar-refractivity contribution is -0.123. The quantitative estimate of drug-likeness (QED) is 0.864. The molecule has 0 spiro atoms. The van der Waals surface area contributed by atoms with Gasteiger partial charge in [0.25, 0.3) is 0 Å². The first-order valence-electron chi connectivity index (χ1n) is 6.06. The van der Waals surface area contributed by atoms with E-state index in [1.165, 1.54) is 0 Å². The molecule has 1 amide bonds. The number of benzene rings is 1. The van der Waals surface area contributed by atoms with Crippen LogP contribution in [0.25, 0.3) is 0 Å². The maximum Gasteiger partial charge on any atom is 0.222 e. The summed E-state index contributed by atoms with van der Waals surface area (Å²) in [6.07, 6.45) is 1.23. The summed E-state index contributed by atoms with van der Waals surface area (Å²) in [4.78, 5) is 11.8. The topological polar surface area (TPSA) is 55.1 Å². The normalized spacial score (nSPS) is 12.4. The van der Waals surface area contributed by atoms with E-state index in [-0.39, 0.29) is 29.9 Å². The molecule has 0 saturated carbocycles. The van der Waals surface area contributed by atoms with Gasteiger partial charge in [-0.3, -0.25) is 4.79 Å². The van der Waals surface area contributed by atoms with Crippen molar-refractivity contribution in [2.75, 3.05) is 0 Å². The molecule has 3 nitrogen and oxygen atoms in total. The summed E-state index contributed by atoms with van der Waals surface area (Å²) in [5, 5.41) is 2.99. The van der Waals surface area contributed by atoms with Crippen LogP contribution in [0.15, 0.2) is 30.3 Å². The fourth-order valence-electron chi connectivity index (χ4n) is 1.53. The van der Waals surface area contributed by atoms with Gasteiger partial charge in [0.2, 0.25) is 5.91 Å². The zero-order valence-electron chi connectivity index (χ0n) is 11.3. The number of hydrogen-bond donors (Lipinski definition) is 2. The molecule has 0 aromatic heterocycles. The Hall–Kier alpha value is -1.06. The maximum atomic E-state index is 11.8. The van der Waals surface area contributed by atoms with Crippen LogP contribution in [0.2, 0.25) is 0 Å². The summed E-state index contributed by atoms with van der Waals surface area (Å²) in [6, 6.07) is 9.47. The number of carbonyl (C=O) groups excluding carboxylic acids is 1. The minimum Gasteiger partial charge on any atom is -0.351 e. The first kappa shape index (κ1) is 16.9. The van der Waals surface area contributed by atoms with Crippen molar-refractivity contribution in [3.63, 3.8) is 0 Å². The molecule has 0 heterocycles. The molecule has 1 unspecified atom stereocenters. The smallest absolute Gasteiger partial charge is 0.222 e. The number of carbonyl (C=O) groups is 1. The third-order valence-electron chi connectivity index (χ3n) is 2.99. The summed E-state index contributed by atoms with van der Waals surface area (Å²) in [6.45, 7) is 6.08. The van der Waals surface area contributed by atoms with Gasteiger partial charge < -0.3 is 11.1 Å². The van der Waals surface area contributed by atoms with E-state index in [2.05, 4.69) is 12.2 Å². The summed E-state index contributed by atoms with van der Waals surface area (Å²) in [5.41, 5.74) is 6.83. The minimum absolute atomic E-state index is 0. The highest BCUT2D eigenvalue weighted by atomic mass is 35.5. The largest absolute Gasteiger partial charge is 0.351 e. The molecular weight excluding hydrogens is 248 g/mol. The fourth-order valence-corrected chi connectivity index (χ4v) is 1.53. The zero-order chi connectivity index (χ0) is 12.9. The number of rotatable bonds is 5. The second kappa shape index (κ2) is 7.39. The van der Waals surface area contributed by atoms with E-state index in [1.807, 2.05) is 44.2 Å². The highest BCUT2D eigenvalue weighted by Crippen LogP contribution is 2.14. The number of hydrogen-bond acceptors (Lipinski definition) is 2. The van der Waals surface area contributed by atoms with Gasteiger partial charge in [-0.05, 0) is 25.8 Å². The molecule has 1 atom stereocenters. The monoisotopic (exact) mass is 270 g/mol. The predicted octanol–water partition coefficient (Wildman–Crippen LogP) is 2.80. The van der Waals surface area contributed by atoms with Crippen LogP contribution in [-0.2, 0) is 4.79 Å². The lowest BCUT2D eigenvalue weighted by Gasteiger charge is -2.25. The minimum atomic E-state index is -0.233. The molecule has 1 aromatic carbocycles. The molecule has 0 fully saturated rings. The molecule has 18 heavy (non-hydrogen) atoms. The van der Waals surface area contributed by atoms with Gasteiger partial charge in [-0.2, -0.15) is 0 Å². The second-order valence-corrected chi connectivity index (χ2v) is 5.01. The van der Waals surface area contributed by atoms with E-state index in [0.717, 1.165) is 12.0 Å². The summed E-state index contributed by atoms with van der Waals surface area (Å²) in [5.74, 6) is 0.00760. The SMILES string of the molecule is CCC(C)(C)NC(=O)CC(N)c1ccccc1.Cl. The molecule has 3 N–H and O–H groups in total. The Morgan fingerprint density at radius 1 is 1.33 bits per heavy atom. The van der Waals surface area contributed by atoms with Gasteiger partial charge >= 0.3 is 0 Å². The van der Waals surface area contributed by atoms with Crippen LogP contribution in [0.4, 0.5) is 0 Å². The Morgan fingerprint density at radius 2 is 1.89 bits per heavy atom. The Balaban J connectivity index is 0.00000289. The third-order valence-corrected chi connectivity index (χ3v) is 2.99. The van der Waals surface area contributed by atoms with Crippen LogP contribution < -0.4 is 11.1 Å². The lowest BCUT2D eigenvalue weighted by Crippen LogP contribution is -2.43. The summed E-state index contributed by atoms with van der Waals surface area (Å²) >= 11 is 0. The van der Waals surface area contributed by atoms with Crippen LogP contribution >= 0.6 is 12.4 Å². The molecule has 0 saturated heterocycles. The van der Waals surface area contributed by atoms with Crippen molar-refractivity contribution in [3.05, 3.63) is 35.9 Å². The van der Waals surface area contributed by atoms with Crippen LogP contribution in [0.5, 0.6) is 0 Å². The highest BCUT2D eigenvalue weighted by molar-refractivity contribution is 5.85. The zero-order valence-corrected chi connectivity index (χ0v) is 12.1. The van der Waals surface area contributed by atoms with E-state index < -0.39 is 0 Å². The van der Waals surface area contributed by atoms with E-state index >= 15 is 0 Å². The Kier molecular flexibility index (Phi) is 6.96. The molecule has 0 aliphatic heterocycles. The summed E-state index contributed by atoms with van der Waals surface area (Å²) in [7, 11) is 0. The number of halogens is 1. The molecular formula is C14H23ClN2O. The lowest BCUT2D eigenvalue weighted by atomic mass is 10.00. The van der Waals surface area contributed by atoms with Crippen molar-refractivity contribution in [1.29, 1.82) is 0 Å². The Bertz CT molecular complexity index is 365. The van der Waals surface area contributed by atoms with Crippen molar-refractivity contribution in [2.45, 2.75) is 45.2 Å². The van der Waals surface area contributed by atoms with Gasteiger partial charge in [0, 0.05) is 18.0 Å². The second-order valence-electron chi connectivity index (χ2n) is 5.01. The first-order valence-corrected chi connectivity index (χ1v) is 6.06. The van der Waals surface area contributed by atoms with Gasteiger partial charge in [-0.15, -0.1) is 12.4 Å². The average molecular weight is 271 g/mol. The van der Waals surface area contributed by atoms with E-state index in [0.29, 0.717) is 6.42 Å². The van der Waals surface area contributed by atoms with Crippen molar-refractivity contribution in [2.24, 2.45) is 5.73 Å².